The van der Waals surface area contributed by atoms with Crippen LogP contribution >= 0.6 is 11.6 Å². The molecule has 0 aromatic heterocycles. The maximum Gasteiger partial charge on any atom is 0.127 e. The van der Waals surface area contributed by atoms with Gasteiger partial charge in [-0.2, -0.15) is 0 Å². The predicted octanol–water partition coefficient (Wildman–Crippen LogP) is 4.65. The van der Waals surface area contributed by atoms with E-state index in [0.29, 0.717) is 6.04 Å². The molecule has 1 aliphatic rings. The van der Waals surface area contributed by atoms with Crippen LogP contribution in [-0.4, -0.2) is 19.2 Å². The first-order valence-electron chi connectivity index (χ1n) is 7.61. The van der Waals surface area contributed by atoms with Crippen molar-refractivity contribution in [2.75, 3.05) is 7.05 Å². The first-order chi connectivity index (χ1) is 10.1. The van der Waals surface area contributed by atoms with E-state index in [0.717, 1.165) is 34.4 Å². The molecule has 2 aromatic rings. The van der Waals surface area contributed by atoms with Gasteiger partial charge in [-0.15, -0.1) is 0 Å². The van der Waals surface area contributed by atoms with Gasteiger partial charge in [0.15, 0.2) is 0 Å². The first kappa shape index (κ1) is 14.7. The van der Waals surface area contributed by atoms with E-state index in [-0.39, 0.29) is 11.5 Å². The van der Waals surface area contributed by atoms with Gasteiger partial charge in [0.2, 0.25) is 0 Å². The Morgan fingerprint density at radius 2 is 1.95 bits per heavy atom. The zero-order valence-electron chi connectivity index (χ0n) is 12.8. The standard InChI is InChI=1S/C18H22ClNO/c1-4-18(2)16(20-3)11-17(18)21-15-10-9-14(19)12-7-5-6-8-13(12)15/h5-10,16-17,20H,4,11H2,1-3H3. The van der Waals surface area contributed by atoms with Gasteiger partial charge in [0.05, 0.1) is 0 Å². The minimum atomic E-state index is 0.190. The van der Waals surface area contributed by atoms with Crippen LogP contribution in [0.4, 0.5) is 0 Å². The molecule has 1 fully saturated rings. The van der Waals surface area contributed by atoms with E-state index >= 15 is 0 Å². The van der Waals surface area contributed by atoms with Crippen LogP contribution in [-0.2, 0) is 0 Å². The van der Waals surface area contributed by atoms with Crippen molar-refractivity contribution >= 4 is 22.4 Å². The molecule has 0 bridgehead atoms. The van der Waals surface area contributed by atoms with Gasteiger partial charge >= 0.3 is 0 Å². The molecule has 0 saturated heterocycles. The summed E-state index contributed by atoms with van der Waals surface area (Å²) < 4.78 is 6.36. The molecule has 3 atom stereocenters. The number of fused-ring (bicyclic) bond motifs is 1. The van der Waals surface area contributed by atoms with E-state index < -0.39 is 0 Å². The number of halogens is 1. The molecule has 0 aliphatic heterocycles. The van der Waals surface area contributed by atoms with Gasteiger partial charge in [-0.05, 0) is 25.6 Å². The van der Waals surface area contributed by atoms with E-state index in [1.54, 1.807) is 0 Å². The molecule has 0 amide bonds. The molecule has 1 aliphatic carbocycles. The Bertz CT molecular complexity index is 657. The highest BCUT2D eigenvalue weighted by molar-refractivity contribution is 6.35. The topological polar surface area (TPSA) is 21.3 Å². The van der Waals surface area contributed by atoms with Crippen LogP contribution in [0.2, 0.25) is 5.02 Å². The largest absolute Gasteiger partial charge is 0.489 e. The van der Waals surface area contributed by atoms with E-state index in [1.165, 1.54) is 0 Å². The highest BCUT2D eigenvalue weighted by Crippen LogP contribution is 2.46. The molecule has 0 spiro atoms. The van der Waals surface area contributed by atoms with Crippen LogP contribution in [0.15, 0.2) is 36.4 Å². The highest BCUT2D eigenvalue weighted by atomic mass is 35.5. The normalized spacial score (nSPS) is 28.4. The van der Waals surface area contributed by atoms with Crippen molar-refractivity contribution in [2.45, 2.75) is 38.8 Å². The fourth-order valence-electron chi connectivity index (χ4n) is 3.41. The SMILES string of the molecule is CCC1(C)C(NC)CC1Oc1ccc(Cl)c2ccccc12. The van der Waals surface area contributed by atoms with Gasteiger partial charge in [-0.3, -0.25) is 0 Å². The third-order valence-electron chi connectivity index (χ3n) is 5.19. The summed E-state index contributed by atoms with van der Waals surface area (Å²) in [6.07, 6.45) is 2.41. The summed E-state index contributed by atoms with van der Waals surface area (Å²) in [4.78, 5) is 0. The fraction of sp³-hybridized carbons (Fsp3) is 0.444. The highest BCUT2D eigenvalue weighted by Gasteiger charge is 2.51. The van der Waals surface area contributed by atoms with Crippen LogP contribution < -0.4 is 10.1 Å². The van der Waals surface area contributed by atoms with Crippen molar-refractivity contribution in [3.8, 4) is 5.75 Å². The summed E-state index contributed by atoms with van der Waals surface area (Å²) in [6.45, 7) is 4.54. The van der Waals surface area contributed by atoms with E-state index in [1.807, 2.05) is 37.4 Å². The number of hydrogen-bond acceptors (Lipinski definition) is 2. The smallest absolute Gasteiger partial charge is 0.127 e. The van der Waals surface area contributed by atoms with Crippen LogP contribution in [0.3, 0.4) is 0 Å². The molecule has 2 nitrogen and oxygen atoms in total. The minimum Gasteiger partial charge on any atom is -0.489 e. The van der Waals surface area contributed by atoms with Crippen molar-refractivity contribution in [3.63, 3.8) is 0 Å². The van der Waals surface area contributed by atoms with Gasteiger partial charge in [0, 0.05) is 33.7 Å². The zero-order chi connectivity index (χ0) is 15.0. The molecule has 3 rings (SSSR count). The van der Waals surface area contributed by atoms with Gasteiger partial charge < -0.3 is 10.1 Å². The Balaban J connectivity index is 1.92. The monoisotopic (exact) mass is 303 g/mol. The second kappa shape index (κ2) is 5.51. The minimum absolute atomic E-state index is 0.190. The molecular formula is C18H22ClNO. The summed E-state index contributed by atoms with van der Waals surface area (Å²) in [5.41, 5.74) is 0.190. The maximum atomic E-state index is 6.36. The lowest BCUT2D eigenvalue weighted by atomic mass is 9.61. The molecular weight excluding hydrogens is 282 g/mol. The Hall–Kier alpha value is -1.25. The summed E-state index contributed by atoms with van der Waals surface area (Å²) in [5, 5.41) is 6.33. The van der Waals surface area contributed by atoms with Crippen molar-refractivity contribution in [1.82, 2.24) is 5.32 Å². The Labute approximate surface area is 131 Å². The fourth-order valence-corrected chi connectivity index (χ4v) is 3.64. The van der Waals surface area contributed by atoms with Gasteiger partial charge in [-0.25, -0.2) is 0 Å². The lowest BCUT2D eigenvalue weighted by molar-refractivity contribution is -0.0670. The van der Waals surface area contributed by atoms with Gasteiger partial charge in [0.25, 0.3) is 0 Å². The number of rotatable bonds is 4. The lowest BCUT2D eigenvalue weighted by Crippen LogP contribution is -2.62. The van der Waals surface area contributed by atoms with Crippen molar-refractivity contribution in [2.24, 2.45) is 5.41 Å². The molecule has 21 heavy (non-hydrogen) atoms. The van der Waals surface area contributed by atoms with Crippen molar-refractivity contribution < 1.29 is 4.74 Å². The van der Waals surface area contributed by atoms with Crippen LogP contribution in [0.5, 0.6) is 5.75 Å². The third kappa shape index (κ3) is 2.31. The maximum absolute atomic E-state index is 6.36. The second-order valence-corrected chi connectivity index (χ2v) is 6.54. The summed E-state index contributed by atoms with van der Waals surface area (Å²) in [7, 11) is 2.03. The summed E-state index contributed by atoms with van der Waals surface area (Å²) in [5.74, 6) is 0.939. The molecule has 3 heteroatoms. The average molecular weight is 304 g/mol. The van der Waals surface area contributed by atoms with Crippen LogP contribution in [0.25, 0.3) is 10.8 Å². The van der Waals surface area contributed by atoms with E-state index in [9.17, 15) is 0 Å². The Morgan fingerprint density at radius 3 is 2.62 bits per heavy atom. The van der Waals surface area contributed by atoms with Crippen LogP contribution in [0.1, 0.15) is 26.7 Å². The van der Waals surface area contributed by atoms with Crippen molar-refractivity contribution in [3.05, 3.63) is 41.4 Å². The zero-order valence-corrected chi connectivity index (χ0v) is 13.6. The van der Waals surface area contributed by atoms with Crippen LogP contribution in [0, 0.1) is 5.41 Å². The number of nitrogens with one attached hydrogen (secondary N) is 1. The Morgan fingerprint density at radius 1 is 1.24 bits per heavy atom. The molecule has 0 radical (unpaired) electrons. The van der Waals surface area contributed by atoms with Gasteiger partial charge in [0.1, 0.15) is 11.9 Å². The molecule has 1 saturated carbocycles. The third-order valence-corrected chi connectivity index (χ3v) is 5.52. The number of benzene rings is 2. The summed E-state index contributed by atoms with van der Waals surface area (Å²) in [6, 6.07) is 12.6. The van der Waals surface area contributed by atoms with Crippen molar-refractivity contribution in [1.29, 1.82) is 0 Å². The average Bonchev–Trinajstić information content (AvgIpc) is 2.52. The quantitative estimate of drug-likeness (QED) is 0.888. The molecule has 0 heterocycles. The lowest BCUT2D eigenvalue weighted by Gasteiger charge is -2.53. The van der Waals surface area contributed by atoms with E-state index in [4.69, 9.17) is 16.3 Å². The van der Waals surface area contributed by atoms with Gasteiger partial charge in [-0.1, -0.05) is 49.7 Å². The summed E-state index contributed by atoms with van der Waals surface area (Å²) >= 11 is 6.28. The predicted molar refractivity (Wildman–Crippen MR) is 89.2 cm³/mol. The second-order valence-electron chi connectivity index (χ2n) is 6.13. The molecule has 112 valence electrons. The molecule has 1 N–H and O–H groups in total. The molecule has 2 aromatic carbocycles. The van der Waals surface area contributed by atoms with E-state index in [2.05, 4.69) is 25.2 Å². The Kier molecular flexibility index (Phi) is 3.85. The number of hydrogen-bond donors (Lipinski definition) is 1. The first-order valence-corrected chi connectivity index (χ1v) is 7.99. The molecule has 3 unspecified atom stereocenters. The number of ether oxygens (including phenoxy) is 1.